The highest BCUT2D eigenvalue weighted by Gasteiger charge is 2.24. The monoisotopic (exact) mass is 448 g/mol. The van der Waals surface area contributed by atoms with E-state index in [0.29, 0.717) is 36.8 Å². The van der Waals surface area contributed by atoms with Crippen LogP contribution in [0.3, 0.4) is 0 Å². The van der Waals surface area contributed by atoms with Crippen molar-refractivity contribution in [3.8, 4) is 11.3 Å². The number of anilines is 1. The Hall–Kier alpha value is -2.54. The fourth-order valence-corrected chi connectivity index (χ4v) is 3.46. The third kappa shape index (κ3) is 5.33. The molecule has 1 saturated heterocycles. The number of benzene rings is 2. The molecule has 3 aromatic rings. The molecule has 2 heterocycles. The van der Waals surface area contributed by atoms with Crippen LogP contribution < -0.4 is 5.73 Å². The molecule has 1 aliphatic heterocycles. The molecule has 4 rings (SSSR count). The van der Waals surface area contributed by atoms with Crippen LogP contribution >= 0.6 is 24.8 Å². The van der Waals surface area contributed by atoms with Crippen molar-refractivity contribution in [1.82, 2.24) is 14.8 Å². The number of carbonyl (C=O) groups excluding carboxylic acids is 1. The molecule has 8 heteroatoms. The van der Waals surface area contributed by atoms with Crippen molar-refractivity contribution < 1.29 is 9.21 Å². The lowest BCUT2D eigenvalue weighted by atomic mass is 10.1. The summed E-state index contributed by atoms with van der Waals surface area (Å²) in [4.78, 5) is 21.4. The maximum absolute atomic E-state index is 12.8. The molecule has 6 nitrogen and oxygen atoms in total. The molecular weight excluding hydrogens is 423 g/mol. The summed E-state index contributed by atoms with van der Waals surface area (Å²) in [6.07, 6.45) is 1.77. The largest absolute Gasteiger partial charge is 0.439 e. The van der Waals surface area contributed by atoms with Crippen LogP contribution in [0.4, 0.5) is 5.69 Å². The SMILES string of the molecule is Cc1ccc(N)cc1C(=O)N1CCN(Cc2ncc(-c3ccccc3)o2)CC1.Cl.Cl. The molecule has 0 radical (unpaired) electrons. The minimum absolute atomic E-state index is 0. The van der Waals surface area contributed by atoms with Crippen LogP contribution in [0, 0.1) is 6.92 Å². The minimum atomic E-state index is 0. The quantitative estimate of drug-likeness (QED) is 0.609. The standard InChI is InChI=1S/C22H24N4O2.2ClH/c1-16-7-8-18(23)13-19(16)22(27)26-11-9-25(10-12-26)15-21-24-14-20(28-21)17-5-3-2-4-6-17;;/h2-8,13-14H,9-12,15,23H2,1H3;2*1H. The van der Waals surface area contributed by atoms with Gasteiger partial charge in [-0.25, -0.2) is 4.98 Å². The smallest absolute Gasteiger partial charge is 0.254 e. The van der Waals surface area contributed by atoms with Gasteiger partial charge in [0, 0.05) is 43.0 Å². The number of hydrogen-bond donors (Lipinski definition) is 1. The lowest BCUT2D eigenvalue weighted by molar-refractivity contribution is 0.0617. The van der Waals surface area contributed by atoms with Crippen LogP contribution in [0.1, 0.15) is 21.8 Å². The van der Waals surface area contributed by atoms with E-state index in [9.17, 15) is 4.79 Å². The van der Waals surface area contributed by atoms with Gasteiger partial charge in [-0.3, -0.25) is 9.69 Å². The zero-order chi connectivity index (χ0) is 19.5. The number of aromatic nitrogens is 1. The first-order chi connectivity index (χ1) is 13.6. The predicted molar refractivity (Wildman–Crippen MR) is 123 cm³/mol. The molecule has 0 unspecified atom stereocenters. The van der Waals surface area contributed by atoms with Crippen LogP contribution in [0.25, 0.3) is 11.3 Å². The molecule has 2 aromatic carbocycles. The number of nitrogens with zero attached hydrogens (tertiary/aromatic N) is 3. The number of aryl methyl sites for hydroxylation is 1. The third-order valence-corrected chi connectivity index (χ3v) is 5.12. The summed E-state index contributed by atoms with van der Waals surface area (Å²) in [7, 11) is 0. The lowest BCUT2D eigenvalue weighted by Gasteiger charge is -2.34. The number of piperazine rings is 1. The van der Waals surface area contributed by atoms with Crippen molar-refractivity contribution in [1.29, 1.82) is 0 Å². The van der Waals surface area contributed by atoms with Crippen molar-refractivity contribution in [2.75, 3.05) is 31.9 Å². The highest BCUT2D eigenvalue weighted by Crippen LogP contribution is 2.21. The van der Waals surface area contributed by atoms with Gasteiger partial charge in [0.2, 0.25) is 5.89 Å². The first-order valence-corrected chi connectivity index (χ1v) is 9.48. The molecule has 30 heavy (non-hydrogen) atoms. The van der Waals surface area contributed by atoms with E-state index in [0.717, 1.165) is 30.0 Å². The average Bonchev–Trinajstić information content (AvgIpc) is 3.19. The van der Waals surface area contributed by atoms with E-state index in [2.05, 4.69) is 9.88 Å². The van der Waals surface area contributed by atoms with Crippen LogP contribution in [0.5, 0.6) is 0 Å². The Labute approximate surface area is 188 Å². The second-order valence-corrected chi connectivity index (χ2v) is 7.13. The first-order valence-electron chi connectivity index (χ1n) is 9.48. The third-order valence-electron chi connectivity index (χ3n) is 5.12. The summed E-state index contributed by atoms with van der Waals surface area (Å²) in [5, 5.41) is 0. The van der Waals surface area contributed by atoms with E-state index in [1.54, 1.807) is 12.3 Å². The van der Waals surface area contributed by atoms with Gasteiger partial charge in [0.15, 0.2) is 5.76 Å². The minimum Gasteiger partial charge on any atom is -0.439 e. The van der Waals surface area contributed by atoms with E-state index in [4.69, 9.17) is 10.2 Å². The number of nitrogen functional groups attached to an aromatic ring is 1. The number of halogens is 2. The second-order valence-electron chi connectivity index (χ2n) is 7.13. The number of carbonyl (C=O) groups is 1. The van der Waals surface area contributed by atoms with Crippen molar-refractivity contribution in [3.05, 3.63) is 71.7 Å². The Kier molecular flexibility index (Phi) is 8.29. The average molecular weight is 449 g/mol. The molecule has 1 fully saturated rings. The zero-order valence-corrected chi connectivity index (χ0v) is 18.4. The molecule has 0 atom stereocenters. The summed E-state index contributed by atoms with van der Waals surface area (Å²) in [6.45, 7) is 5.52. The van der Waals surface area contributed by atoms with E-state index in [1.165, 1.54) is 0 Å². The van der Waals surface area contributed by atoms with Gasteiger partial charge in [-0.05, 0) is 24.6 Å². The normalized spacial score (nSPS) is 14.0. The number of rotatable bonds is 4. The Balaban J connectivity index is 0.00000160. The predicted octanol–water partition coefficient (Wildman–Crippen LogP) is 4.03. The van der Waals surface area contributed by atoms with Gasteiger partial charge in [0.1, 0.15) is 0 Å². The van der Waals surface area contributed by atoms with E-state index >= 15 is 0 Å². The topological polar surface area (TPSA) is 75.6 Å². The number of nitrogens with two attached hydrogens (primary N) is 1. The molecule has 160 valence electrons. The lowest BCUT2D eigenvalue weighted by Crippen LogP contribution is -2.48. The molecule has 2 N–H and O–H groups in total. The van der Waals surface area contributed by atoms with Gasteiger partial charge in [0.25, 0.3) is 5.91 Å². The van der Waals surface area contributed by atoms with Crippen LogP contribution in [-0.4, -0.2) is 46.9 Å². The Morgan fingerprint density at radius 3 is 2.47 bits per heavy atom. The molecule has 1 amide bonds. The fourth-order valence-electron chi connectivity index (χ4n) is 3.46. The molecule has 0 saturated carbocycles. The maximum atomic E-state index is 12.8. The summed E-state index contributed by atoms with van der Waals surface area (Å²) < 4.78 is 5.90. The second kappa shape index (κ2) is 10.5. The molecule has 1 aromatic heterocycles. The van der Waals surface area contributed by atoms with Gasteiger partial charge in [-0.15, -0.1) is 24.8 Å². The van der Waals surface area contributed by atoms with E-state index < -0.39 is 0 Å². The van der Waals surface area contributed by atoms with Crippen molar-refractivity contribution in [2.24, 2.45) is 0 Å². The van der Waals surface area contributed by atoms with Gasteiger partial charge in [-0.2, -0.15) is 0 Å². The molecule has 1 aliphatic rings. The van der Waals surface area contributed by atoms with Gasteiger partial charge in [0.05, 0.1) is 12.7 Å². The molecule has 0 bridgehead atoms. The molecule has 0 spiro atoms. The molecule has 0 aliphatic carbocycles. The number of amides is 1. The van der Waals surface area contributed by atoms with Gasteiger partial charge >= 0.3 is 0 Å². The van der Waals surface area contributed by atoms with Gasteiger partial charge < -0.3 is 15.1 Å². The highest BCUT2D eigenvalue weighted by molar-refractivity contribution is 5.96. The zero-order valence-electron chi connectivity index (χ0n) is 16.8. The maximum Gasteiger partial charge on any atom is 0.254 e. The van der Waals surface area contributed by atoms with E-state index in [1.807, 2.05) is 54.3 Å². The fraction of sp³-hybridized carbons (Fsp3) is 0.273. The number of hydrogen-bond acceptors (Lipinski definition) is 5. The first kappa shape index (κ1) is 23.7. The van der Waals surface area contributed by atoms with Crippen LogP contribution in [0.15, 0.2) is 59.1 Å². The van der Waals surface area contributed by atoms with Crippen molar-refractivity contribution in [3.63, 3.8) is 0 Å². The summed E-state index contributed by atoms with van der Waals surface area (Å²) in [5.74, 6) is 1.53. The van der Waals surface area contributed by atoms with Crippen molar-refractivity contribution in [2.45, 2.75) is 13.5 Å². The Morgan fingerprint density at radius 1 is 1.07 bits per heavy atom. The van der Waals surface area contributed by atoms with Crippen molar-refractivity contribution >= 4 is 36.4 Å². The Morgan fingerprint density at radius 2 is 1.77 bits per heavy atom. The van der Waals surface area contributed by atoms with E-state index in [-0.39, 0.29) is 30.7 Å². The van der Waals surface area contributed by atoms with Crippen LogP contribution in [0.2, 0.25) is 0 Å². The number of oxazole rings is 1. The van der Waals surface area contributed by atoms with Crippen LogP contribution in [-0.2, 0) is 6.54 Å². The highest BCUT2D eigenvalue weighted by atomic mass is 35.5. The Bertz CT molecular complexity index is 970. The summed E-state index contributed by atoms with van der Waals surface area (Å²) in [6, 6.07) is 15.4. The molecular formula is C22H26Cl2N4O2. The summed E-state index contributed by atoms with van der Waals surface area (Å²) in [5.41, 5.74) is 9.13. The summed E-state index contributed by atoms with van der Waals surface area (Å²) >= 11 is 0. The van der Waals surface area contributed by atoms with Gasteiger partial charge in [-0.1, -0.05) is 36.4 Å².